The fourth-order valence-corrected chi connectivity index (χ4v) is 1.07. The SMILES string of the molecule is C=C(C)COCC1NC(=O)CNC1=O. The second kappa shape index (κ2) is 4.76. The molecule has 5 heteroatoms. The Bertz CT molecular complexity index is 263. The molecule has 0 saturated carbocycles. The molecule has 1 aliphatic rings. The van der Waals surface area contributed by atoms with Crippen LogP contribution in [0, 0.1) is 0 Å². The number of carbonyl (C=O) groups excluding carboxylic acids is 2. The van der Waals surface area contributed by atoms with E-state index >= 15 is 0 Å². The lowest BCUT2D eigenvalue weighted by Gasteiger charge is -2.22. The lowest BCUT2D eigenvalue weighted by Crippen LogP contribution is -2.57. The molecule has 0 spiro atoms. The van der Waals surface area contributed by atoms with Gasteiger partial charge in [0.25, 0.3) is 0 Å². The summed E-state index contributed by atoms with van der Waals surface area (Å²) in [5.41, 5.74) is 0.882. The highest BCUT2D eigenvalue weighted by Crippen LogP contribution is 1.94. The van der Waals surface area contributed by atoms with E-state index in [0.29, 0.717) is 6.61 Å². The molecule has 0 radical (unpaired) electrons. The van der Waals surface area contributed by atoms with Gasteiger partial charge in [0.05, 0.1) is 19.8 Å². The molecule has 0 aliphatic carbocycles. The molecule has 1 rings (SSSR count). The van der Waals surface area contributed by atoms with Crippen molar-refractivity contribution in [3.63, 3.8) is 0 Å². The van der Waals surface area contributed by atoms with Crippen LogP contribution in [0.1, 0.15) is 6.92 Å². The first kappa shape index (κ1) is 10.7. The standard InChI is InChI=1S/C9H14N2O3/c1-6(2)4-14-5-7-9(13)10-3-8(12)11-7/h7H,1,3-5H2,2H3,(H,10,13)(H,11,12). The fourth-order valence-electron chi connectivity index (χ4n) is 1.07. The van der Waals surface area contributed by atoms with E-state index in [1.165, 1.54) is 0 Å². The molecule has 0 bridgehead atoms. The van der Waals surface area contributed by atoms with E-state index in [4.69, 9.17) is 4.74 Å². The van der Waals surface area contributed by atoms with Crippen LogP contribution in [0.2, 0.25) is 0 Å². The normalized spacial score (nSPS) is 21.4. The molecular weight excluding hydrogens is 184 g/mol. The summed E-state index contributed by atoms with van der Waals surface area (Å²) < 4.78 is 5.18. The Morgan fingerprint density at radius 1 is 1.64 bits per heavy atom. The van der Waals surface area contributed by atoms with Crippen molar-refractivity contribution in [1.29, 1.82) is 0 Å². The molecule has 0 aromatic rings. The molecule has 1 fully saturated rings. The highest BCUT2D eigenvalue weighted by Gasteiger charge is 2.25. The predicted molar refractivity (Wildman–Crippen MR) is 50.6 cm³/mol. The zero-order valence-electron chi connectivity index (χ0n) is 8.13. The van der Waals surface area contributed by atoms with Crippen molar-refractivity contribution in [1.82, 2.24) is 10.6 Å². The van der Waals surface area contributed by atoms with Gasteiger partial charge in [-0.05, 0) is 6.92 Å². The number of nitrogens with one attached hydrogen (secondary N) is 2. The number of ether oxygens (including phenoxy) is 1. The molecular formula is C9H14N2O3. The summed E-state index contributed by atoms with van der Waals surface area (Å²) in [6.07, 6.45) is 0. The Hall–Kier alpha value is -1.36. The molecule has 2 N–H and O–H groups in total. The first-order valence-corrected chi connectivity index (χ1v) is 4.39. The largest absolute Gasteiger partial charge is 0.374 e. The van der Waals surface area contributed by atoms with Crippen molar-refractivity contribution in [2.75, 3.05) is 19.8 Å². The third-order valence-electron chi connectivity index (χ3n) is 1.71. The van der Waals surface area contributed by atoms with Gasteiger partial charge in [-0.2, -0.15) is 0 Å². The lowest BCUT2D eigenvalue weighted by atomic mass is 10.2. The van der Waals surface area contributed by atoms with Crippen molar-refractivity contribution in [3.05, 3.63) is 12.2 Å². The van der Waals surface area contributed by atoms with Crippen molar-refractivity contribution in [2.24, 2.45) is 0 Å². The van der Waals surface area contributed by atoms with Gasteiger partial charge in [-0.15, -0.1) is 0 Å². The van der Waals surface area contributed by atoms with Gasteiger partial charge in [-0.3, -0.25) is 9.59 Å². The summed E-state index contributed by atoms with van der Waals surface area (Å²) in [4.78, 5) is 22.1. The molecule has 5 nitrogen and oxygen atoms in total. The maximum absolute atomic E-state index is 11.2. The Balaban J connectivity index is 2.31. The van der Waals surface area contributed by atoms with Crippen LogP contribution in [0.4, 0.5) is 0 Å². The monoisotopic (exact) mass is 198 g/mol. The maximum Gasteiger partial charge on any atom is 0.245 e. The van der Waals surface area contributed by atoms with E-state index < -0.39 is 6.04 Å². The van der Waals surface area contributed by atoms with Crippen molar-refractivity contribution in [3.8, 4) is 0 Å². The van der Waals surface area contributed by atoms with Gasteiger partial charge < -0.3 is 15.4 Å². The summed E-state index contributed by atoms with van der Waals surface area (Å²) in [7, 11) is 0. The number of hydrogen-bond donors (Lipinski definition) is 2. The third kappa shape index (κ3) is 3.18. The summed E-state index contributed by atoms with van der Waals surface area (Å²) in [5, 5.41) is 5.00. The van der Waals surface area contributed by atoms with Crippen LogP contribution in [0.5, 0.6) is 0 Å². The number of amides is 2. The second-order valence-electron chi connectivity index (χ2n) is 3.31. The van der Waals surface area contributed by atoms with E-state index in [-0.39, 0.29) is 25.0 Å². The van der Waals surface area contributed by atoms with Gasteiger partial charge >= 0.3 is 0 Å². The number of hydrogen-bond acceptors (Lipinski definition) is 3. The molecule has 2 amide bonds. The third-order valence-corrected chi connectivity index (χ3v) is 1.71. The van der Waals surface area contributed by atoms with Gasteiger partial charge in [-0.1, -0.05) is 12.2 Å². The molecule has 1 unspecified atom stereocenters. The maximum atomic E-state index is 11.2. The minimum Gasteiger partial charge on any atom is -0.374 e. The first-order chi connectivity index (χ1) is 6.59. The highest BCUT2D eigenvalue weighted by atomic mass is 16.5. The quantitative estimate of drug-likeness (QED) is 0.581. The van der Waals surface area contributed by atoms with Crippen molar-refractivity contribution >= 4 is 11.8 Å². The van der Waals surface area contributed by atoms with Gasteiger partial charge in [0, 0.05) is 0 Å². The van der Waals surface area contributed by atoms with E-state index in [0.717, 1.165) is 5.57 Å². The van der Waals surface area contributed by atoms with Gasteiger partial charge in [0.15, 0.2) is 0 Å². The smallest absolute Gasteiger partial charge is 0.245 e. The van der Waals surface area contributed by atoms with E-state index in [9.17, 15) is 9.59 Å². The highest BCUT2D eigenvalue weighted by molar-refractivity contribution is 5.94. The van der Waals surface area contributed by atoms with E-state index in [2.05, 4.69) is 17.2 Å². The molecule has 14 heavy (non-hydrogen) atoms. The second-order valence-corrected chi connectivity index (χ2v) is 3.31. The number of piperazine rings is 1. The van der Waals surface area contributed by atoms with Crippen LogP contribution in [0.25, 0.3) is 0 Å². The average Bonchev–Trinajstić information content (AvgIpc) is 2.10. The average molecular weight is 198 g/mol. The summed E-state index contributed by atoms with van der Waals surface area (Å²) >= 11 is 0. The van der Waals surface area contributed by atoms with Crippen LogP contribution in [0.3, 0.4) is 0 Å². The molecule has 78 valence electrons. The zero-order chi connectivity index (χ0) is 10.6. The topological polar surface area (TPSA) is 67.4 Å². The van der Waals surface area contributed by atoms with Crippen LogP contribution < -0.4 is 10.6 Å². The molecule has 0 aromatic heterocycles. The Labute approximate surface area is 82.5 Å². The minimum atomic E-state index is -0.574. The summed E-state index contributed by atoms with van der Waals surface area (Å²) in [6, 6.07) is -0.574. The fraction of sp³-hybridized carbons (Fsp3) is 0.556. The van der Waals surface area contributed by atoms with Crippen molar-refractivity contribution < 1.29 is 14.3 Å². The molecule has 1 aliphatic heterocycles. The zero-order valence-corrected chi connectivity index (χ0v) is 8.13. The minimum absolute atomic E-state index is 0.0514. The Morgan fingerprint density at radius 3 is 3.00 bits per heavy atom. The van der Waals surface area contributed by atoms with Gasteiger partial charge in [-0.25, -0.2) is 0 Å². The predicted octanol–water partition coefficient (Wildman–Crippen LogP) is -0.806. The first-order valence-electron chi connectivity index (χ1n) is 4.39. The van der Waals surface area contributed by atoms with Crippen LogP contribution in [-0.2, 0) is 14.3 Å². The lowest BCUT2D eigenvalue weighted by molar-refractivity contribution is -0.135. The molecule has 0 aromatic carbocycles. The van der Waals surface area contributed by atoms with E-state index in [1.807, 2.05) is 6.92 Å². The summed E-state index contributed by atoms with van der Waals surface area (Å²) in [6.45, 7) is 6.13. The molecule has 1 atom stereocenters. The summed E-state index contributed by atoms with van der Waals surface area (Å²) in [5.74, 6) is -0.389. The van der Waals surface area contributed by atoms with Gasteiger partial charge in [0.1, 0.15) is 6.04 Å². The number of rotatable bonds is 4. The Morgan fingerprint density at radius 2 is 2.36 bits per heavy atom. The van der Waals surface area contributed by atoms with Gasteiger partial charge in [0.2, 0.25) is 11.8 Å². The molecule has 1 heterocycles. The van der Waals surface area contributed by atoms with E-state index in [1.54, 1.807) is 0 Å². The van der Waals surface area contributed by atoms with Crippen molar-refractivity contribution in [2.45, 2.75) is 13.0 Å². The van der Waals surface area contributed by atoms with Crippen LogP contribution >= 0.6 is 0 Å². The van der Waals surface area contributed by atoms with Crippen LogP contribution in [0.15, 0.2) is 12.2 Å². The molecule has 1 saturated heterocycles. The van der Waals surface area contributed by atoms with Crippen LogP contribution in [-0.4, -0.2) is 37.6 Å². The number of carbonyl (C=O) groups is 2. The Kier molecular flexibility index (Phi) is 3.64.